The van der Waals surface area contributed by atoms with E-state index in [4.69, 9.17) is 0 Å². The Bertz CT molecular complexity index is 416. The Morgan fingerprint density at radius 1 is 1.57 bits per heavy atom. The lowest BCUT2D eigenvalue weighted by Gasteiger charge is -2.02. The number of rotatable bonds is 2. The fourth-order valence-corrected chi connectivity index (χ4v) is 1.41. The number of aromatic hydroxyl groups is 1. The second-order valence-corrected chi connectivity index (χ2v) is 3.49. The normalized spacial score (nSPS) is 9.86. The van der Waals surface area contributed by atoms with Crippen molar-refractivity contribution in [1.29, 1.82) is 0 Å². The number of nitro groups is 1. The lowest BCUT2D eigenvalue weighted by molar-refractivity contribution is -0.385. The van der Waals surface area contributed by atoms with Crippen molar-refractivity contribution >= 4 is 27.4 Å². The molecule has 0 aliphatic rings. The zero-order valence-corrected chi connectivity index (χ0v) is 8.74. The standard InChI is InChI=1S/C8H6BrNO4/c1-4(11)6-2-5(10(13)14)3-7(9)8(6)12/h2-3,12H,1H3. The van der Waals surface area contributed by atoms with Gasteiger partial charge in [0, 0.05) is 12.1 Å². The first kappa shape index (κ1) is 10.6. The SMILES string of the molecule is CC(=O)c1cc([N+](=O)[O-])cc(Br)c1O. The summed E-state index contributed by atoms with van der Waals surface area (Å²) in [5.41, 5.74) is -0.300. The third-order valence-electron chi connectivity index (χ3n) is 1.64. The number of ketones is 1. The predicted molar refractivity (Wildman–Crippen MR) is 52.5 cm³/mol. The summed E-state index contributed by atoms with van der Waals surface area (Å²) in [5.74, 6) is -0.699. The van der Waals surface area contributed by atoms with Gasteiger partial charge in [0.25, 0.3) is 5.69 Å². The number of carbonyl (C=O) groups excluding carboxylic acids is 1. The fraction of sp³-hybridized carbons (Fsp3) is 0.125. The number of phenolic OH excluding ortho intramolecular Hbond substituents is 1. The molecule has 0 aliphatic carbocycles. The van der Waals surface area contributed by atoms with Gasteiger partial charge in [-0.05, 0) is 22.9 Å². The Kier molecular flexibility index (Phi) is 2.85. The van der Waals surface area contributed by atoms with Crippen LogP contribution in [0, 0.1) is 10.1 Å². The van der Waals surface area contributed by atoms with E-state index in [-0.39, 0.29) is 21.5 Å². The average molecular weight is 260 g/mol. The van der Waals surface area contributed by atoms with Crippen molar-refractivity contribution in [3.8, 4) is 5.75 Å². The molecule has 6 heteroatoms. The van der Waals surface area contributed by atoms with Crippen molar-refractivity contribution in [3.05, 3.63) is 32.3 Å². The summed E-state index contributed by atoms with van der Waals surface area (Å²) >= 11 is 2.93. The first-order chi connectivity index (χ1) is 6.43. The molecule has 0 amide bonds. The van der Waals surface area contributed by atoms with Crippen molar-refractivity contribution in [3.63, 3.8) is 0 Å². The maximum Gasteiger partial charge on any atom is 0.271 e. The van der Waals surface area contributed by atoms with Gasteiger partial charge in [-0.3, -0.25) is 14.9 Å². The Morgan fingerprint density at radius 2 is 2.14 bits per heavy atom. The molecule has 0 unspecified atom stereocenters. The molecule has 0 spiro atoms. The Hall–Kier alpha value is -1.43. The largest absolute Gasteiger partial charge is 0.506 e. The van der Waals surface area contributed by atoms with Gasteiger partial charge >= 0.3 is 0 Å². The van der Waals surface area contributed by atoms with Gasteiger partial charge in [-0.15, -0.1) is 0 Å². The van der Waals surface area contributed by atoms with Crippen LogP contribution in [0.2, 0.25) is 0 Å². The highest BCUT2D eigenvalue weighted by molar-refractivity contribution is 9.10. The van der Waals surface area contributed by atoms with Crippen molar-refractivity contribution in [2.75, 3.05) is 0 Å². The van der Waals surface area contributed by atoms with Gasteiger partial charge in [-0.2, -0.15) is 0 Å². The summed E-state index contributed by atoms with van der Waals surface area (Å²) in [4.78, 5) is 20.8. The van der Waals surface area contributed by atoms with Gasteiger partial charge in [-0.25, -0.2) is 0 Å². The zero-order valence-electron chi connectivity index (χ0n) is 7.15. The van der Waals surface area contributed by atoms with Crippen LogP contribution in [0.25, 0.3) is 0 Å². The molecular weight excluding hydrogens is 254 g/mol. The summed E-state index contributed by atoms with van der Waals surface area (Å²) in [6, 6.07) is 2.18. The molecule has 1 aromatic rings. The van der Waals surface area contributed by atoms with Crippen LogP contribution in [-0.4, -0.2) is 15.8 Å². The van der Waals surface area contributed by atoms with Gasteiger partial charge in [0.15, 0.2) is 5.78 Å². The lowest BCUT2D eigenvalue weighted by Crippen LogP contribution is -1.96. The number of hydrogen-bond acceptors (Lipinski definition) is 4. The third kappa shape index (κ3) is 1.90. The molecule has 0 aromatic heterocycles. The van der Waals surface area contributed by atoms with Gasteiger partial charge in [-0.1, -0.05) is 0 Å². The van der Waals surface area contributed by atoms with Crippen LogP contribution >= 0.6 is 15.9 Å². The van der Waals surface area contributed by atoms with E-state index in [0.29, 0.717) is 0 Å². The molecule has 0 radical (unpaired) electrons. The number of benzene rings is 1. The molecular formula is C8H6BrNO4. The van der Waals surface area contributed by atoms with Crippen molar-refractivity contribution < 1.29 is 14.8 Å². The molecule has 1 aromatic carbocycles. The maximum atomic E-state index is 11.0. The molecule has 0 heterocycles. The number of non-ortho nitro benzene ring substituents is 1. The van der Waals surface area contributed by atoms with Crippen LogP contribution in [0.15, 0.2) is 16.6 Å². The summed E-state index contributed by atoms with van der Waals surface area (Å²) in [5, 5.41) is 19.8. The number of nitrogens with zero attached hydrogens (tertiary/aromatic N) is 1. The van der Waals surface area contributed by atoms with E-state index >= 15 is 0 Å². The summed E-state index contributed by atoms with van der Waals surface area (Å²) < 4.78 is 0.136. The minimum Gasteiger partial charge on any atom is -0.506 e. The highest BCUT2D eigenvalue weighted by Crippen LogP contribution is 2.32. The van der Waals surface area contributed by atoms with Crippen LogP contribution in [0.4, 0.5) is 5.69 Å². The number of carbonyl (C=O) groups is 1. The van der Waals surface area contributed by atoms with E-state index in [1.165, 1.54) is 6.92 Å². The van der Waals surface area contributed by atoms with Crippen molar-refractivity contribution in [2.45, 2.75) is 6.92 Å². The molecule has 0 saturated heterocycles. The lowest BCUT2D eigenvalue weighted by atomic mass is 10.1. The van der Waals surface area contributed by atoms with E-state index < -0.39 is 10.7 Å². The van der Waals surface area contributed by atoms with Gasteiger partial charge < -0.3 is 5.11 Å². The first-order valence-electron chi connectivity index (χ1n) is 3.61. The molecule has 14 heavy (non-hydrogen) atoms. The van der Waals surface area contributed by atoms with Gasteiger partial charge in [0.1, 0.15) is 5.75 Å². The molecule has 74 valence electrons. The van der Waals surface area contributed by atoms with E-state index in [1.54, 1.807) is 0 Å². The summed E-state index contributed by atoms with van der Waals surface area (Å²) in [7, 11) is 0. The minimum absolute atomic E-state index is 0.0638. The van der Waals surface area contributed by atoms with Crippen molar-refractivity contribution in [2.24, 2.45) is 0 Å². The summed E-state index contributed by atoms with van der Waals surface area (Å²) in [6.07, 6.45) is 0. The average Bonchev–Trinajstić information content (AvgIpc) is 2.08. The van der Waals surface area contributed by atoms with Gasteiger partial charge in [0.05, 0.1) is 15.0 Å². The Morgan fingerprint density at radius 3 is 2.57 bits per heavy atom. The van der Waals surface area contributed by atoms with Crippen molar-refractivity contribution in [1.82, 2.24) is 0 Å². The molecule has 0 atom stereocenters. The first-order valence-corrected chi connectivity index (χ1v) is 4.40. The number of Topliss-reactive ketones (excluding diaryl/α,β-unsaturated/α-hetero) is 1. The maximum absolute atomic E-state index is 11.0. The summed E-state index contributed by atoms with van der Waals surface area (Å²) in [6.45, 7) is 1.23. The van der Waals surface area contributed by atoms with Crippen LogP contribution in [0.1, 0.15) is 17.3 Å². The topological polar surface area (TPSA) is 80.4 Å². The Labute approximate surface area is 87.6 Å². The van der Waals surface area contributed by atoms with E-state index in [1.807, 2.05) is 0 Å². The third-order valence-corrected chi connectivity index (χ3v) is 2.24. The molecule has 1 rings (SSSR count). The fourth-order valence-electron chi connectivity index (χ4n) is 0.959. The minimum atomic E-state index is -0.628. The quantitative estimate of drug-likeness (QED) is 0.502. The van der Waals surface area contributed by atoms with Gasteiger partial charge in [0.2, 0.25) is 0 Å². The predicted octanol–water partition coefficient (Wildman–Crippen LogP) is 2.27. The Balaban J connectivity index is 3.43. The highest BCUT2D eigenvalue weighted by Gasteiger charge is 2.16. The smallest absolute Gasteiger partial charge is 0.271 e. The number of hydrogen-bond donors (Lipinski definition) is 1. The van der Waals surface area contributed by atoms with Crippen LogP contribution in [-0.2, 0) is 0 Å². The molecule has 0 bridgehead atoms. The number of halogens is 1. The van der Waals surface area contributed by atoms with E-state index in [2.05, 4.69) is 15.9 Å². The monoisotopic (exact) mass is 259 g/mol. The zero-order chi connectivity index (χ0) is 10.9. The molecule has 5 nitrogen and oxygen atoms in total. The highest BCUT2D eigenvalue weighted by atomic mass is 79.9. The van der Waals surface area contributed by atoms with Crippen LogP contribution in [0.3, 0.4) is 0 Å². The van der Waals surface area contributed by atoms with Crippen LogP contribution in [0.5, 0.6) is 5.75 Å². The number of phenols is 1. The number of nitro benzene ring substituents is 1. The van der Waals surface area contributed by atoms with E-state index in [0.717, 1.165) is 12.1 Å². The van der Waals surface area contributed by atoms with E-state index in [9.17, 15) is 20.0 Å². The second kappa shape index (κ2) is 3.75. The molecule has 0 aliphatic heterocycles. The molecule has 0 fully saturated rings. The molecule has 0 saturated carbocycles. The molecule has 1 N–H and O–H groups in total. The second-order valence-electron chi connectivity index (χ2n) is 2.64. The van der Waals surface area contributed by atoms with Crippen LogP contribution < -0.4 is 0 Å².